The highest BCUT2D eigenvalue weighted by atomic mass is 31.2. The van der Waals surface area contributed by atoms with Crippen LogP contribution in [0.15, 0.2) is 48.6 Å². The van der Waals surface area contributed by atoms with Crippen molar-refractivity contribution in [1.82, 2.24) is 5.32 Å². The summed E-state index contributed by atoms with van der Waals surface area (Å²) in [5.41, 5.74) is 0. The maximum Gasteiger partial charge on any atom is 0.472 e. The number of nitrogens with one attached hydrogen (secondary N) is 1. The van der Waals surface area contributed by atoms with Crippen molar-refractivity contribution in [3.05, 3.63) is 48.6 Å². The molecule has 3 unspecified atom stereocenters. The number of carbonyl (C=O) groups is 3. The summed E-state index contributed by atoms with van der Waals surface area (Å²) >= 11 is 0. The number of carbonyl (C=O) groups excluding carboxylic acids is 2. The Labute approximate surface area is 345 Å². The molecule has 4 N–H and O–H groups in total. The van der Waals surface area contributed by atoms with Gasteiger partial charge in [0.05, 0.1) is 13.2 Å². The molecule has 12 heteroatoms. The van der Waals surface area contributed by atoms with Crippen molar-refractivity contribution in [2.75, 3.05) is 19.8 Å². The Bertz CT molecular complexity index is 1150. The topological polar surface area (TPSA) is 169 Å². The molecule has 0 bridgehead atoms. The van der Waals surface area contributed by atoms with Crippen LogP contribution >= 0.6 is 7.82 Å². The van der Waals surface area contributed by atoms with E-state index in [0.717, 1.165) is 57.8 Å². The van der Waals surface area contributed by atoms with Gasteiger partial charge in [-0.3, -0.25) is 18.6 Å². The molecule has 0 aromatic rings. The lowest BCUT2D eigenvalue weighted by Gasteiger charge is -2.18. The van der Waals surface area contributed by atoms with Crippen molar-refractivity contribution in [1.29, 1.82) is 0 Å². The van der Waals surface area contributed by atoms with Crippen molar-refractivity contribution >= 4 is 25.7 Å². The highest BCUT2D eigenvalue weighted by molar-refractivity contribution is 7.47. The molecule has 0 saturated carbocycles. The maximum absolute atomic E-state index is 12.3. The maximum atomic E-state index is 12.3. The molecule has 0 saturated heterocycles. The second kappa shape index (κ2) is 40.2. The molecule has 11 nitrogen and oxygen atoms in total. The molecule has 0 aromatic heterocycles. The Morgan fingerprint density at radius 2 is 1.02 bits per heavy atom. The Morgan fingerprint density at radius 1 is 0.579 bits per heavy atom. The van der Waals surface area contributed by atoms with Crippen LogP contribution < -0.4 is 5.32 Å². The highest BCUT2D eigenvalue weighted by Crippen LogP contribution is 2.43. The van der Waals surface area contributed by atoms with Crippen molar-refractivity contribution < 1.29 is 47.8 Å². The van der Waals surface area contributed by atoms with Gasteiger partial charge in [0.2, 0.25) is 5.91 Å². The number of allylic oxidation sites excluding steroid dienone is 8. The zero-order valence-corrected chi connectivity index (χ0v) is 36.5. The Hall–Kier alpha value is -2.56. The fourth-order valence-corrected chi connectivity index (χ4v) is 6.73. The number of rotatable bonds is 41. The third kappa shape index (κ3) is 40.0. The van der Waals surface area contributed by atoms with E-state index in [4.69, 9.17) is 13.8 Å². The van der Waals surface area contributed by atoms with Gasteiger partial charge in [-0.05, 0) is 51.4 Å². The van der Waals surface area contributed by atoms with Gasteiger partial charge in [0.15, 0.2) is 6.04 Å². The molecule has 0 aliphatic carbocycles. The minimum absolute atomic E-state index is 0.145. The molecule has 0 aromatic carbocycles. The summed E-state index contributed by atoms with van der Waals surface area (Å²) in [4.78, 5) is 45.9. The summed E-state index contributed by atoms with van der Waals surface area (Å²) in [6, 6.07) is -1.55. The van der Waals surface area contributed by atoms with Crippen LogP contribution in [0.1, 0.15) is 187 Å². The van der Waals surface area contributed by atoms with Gasteiger partial charge < -0.3 is 25.2 Å². The van der Waals surface area contributed by atoms with Gasteiger partial charge in [0.25, 0.3) is 0 Å². The quantitative estimate of drug-likeness (QED) is 0.0201. The summed E-state index contributed by atoms with van der Waals surface area (Å²) in [6.45, 7) is 2.44. The fourth-order valence-electron chi connectivity index (χ4n) is 5.95. The van der Waals surface area contributed by atoms with Gasteiger partial charge in [-0.1, -0.05) is 172 Å². The summed E-state index contributed by atoms with van der Waals surface area (Å²) < 4.78 is 26.8. The van der Waals surface area contributed by atoms with Gasteiger partial charge in [-0.15, -0.1) is 0 Å². The van der Waals surface area contributed by atoms with Crippen LogP contribution in [0.5, 0.6) is 0 Å². The minimum Gasteiger partial charge on any atom is -0.480 e. The molecule has 0 rings (SSSR count). The van der Waals surface area contributed by atoms with Crippen LogP contribution in [-0.4, -0.2) is 64.9 Å². The van der Waals surface area contributed by atoms with Crippen LogP contribution in [0.4, 0.5) is 0 Å². The van der Waals surface area contributed by atoms with E-state index in [1.807, 2.05) is 0 Å². The number of ether oxygens (including phenoxy) is 1. The number of hydrogen-bond donors (Lipinski definition) is 4. The van der Waals surface area contributed by atoms with Crippen molar-refractivity contribution in [2.24, 2.45) is 0 Å². The van der Waals surface area contributed by atoms with Crippen LogP contribution in [0.3, 0.4) is 0 Å². The monoisotopic (exact) mass is 826 g/mol. The predicted octanol–water partition coefficient (Wildman–Crippen LogP) is 11.4. The van der Waals surface area contributed by atoms with Crippen LogP contribution in [-0.2, 0) is 32.7 Å². The summed E-state index contributed by atoms with van der Waals surface area (Å²) in [6.07, 6.45) is 44.2. The number of unbranched alkanes of at least 4 members (excludes halogenated alkanes) is 19. The van der Waals surface area contributed by atoms with Gasteiger partial charge in [-0.2, -0.15) is 0 Å². The number of esters is 1. The lowest BCUT2D eigenvalue weighted by atomic mass is 10.0. The Balaban J connectivity index is 3.93. The lowest BCUT2D eigenvalue weighted by Crippen LogP contribution is -2.43. The molecule has 330 valence electrons. The van der Waals surface area contributed by atoms with E-state index in [1.165, 1.54) is 89.9 Å². The first-order valence-electron chi connectivity index (χ1n) is 22.2. The first kappa shape index (κ1) is 54.4. The molecule has 0 fully saturated rings. The zero-order valence-electron chi connectivity index (χ0n) is 35.6. The van der Waals surface area contributed by atoms with Gasteiger partial charge in [0.1, 0.15) is 12.7 Å². The number of phosphoric acid groups is 1. The van der Waals surface area contributed by atoms with Crippen LogP contribution in [0.25, 0.3) is 0 Å². The van der Waals surface area contributed by atoms with Gasteiger partial charge in [-0.25, -0.2) is 9.36 Å². The second-order valence-electron chi connectivity index (χ2n) is 14.9. The Morgan fingerprint density at radius 3 is 1.51 bits per heavy atom. The largest absolute Gasteiger partial charge is 0.480 e. The fraction of sp³-hybridized carbons (Fsp3) is 0.756. The zero-order chi connectivity index (χ0) is 42.1. The van der Waals surface area contributed by atoms with E-state index in [0.29, 0.717) is 12.8 Å². The molecule has 3 atom stereocenters. The molecule has 0 aliphatic heterocycles. The number of hydrogen-bond acceptors (Lipinski definition) is 8. The molecule has 0 spiro atoms. The lowest BCUT2D eigenvalue weighted by molar-refractivity contribution is -0.147. The molecular formula is C45H80NO10P. The van der Waals surface area contributed by atoms with Crippen molar-refractivity contribution in [3.63, 3.8) is 0 Å². The molecule has 0 heterocycles. The molecule has 0 aliphatic rings. The molecular weight excluding hydrogens is 745 g/mol. The second-order valence-corrected chi connectivity index (χ2v) is 16.3. The van der Waals surface area contributed by atoms with E-state index in [9.17, 15) is 34.1 Å². The smallest absolute Gasteiger partial charge is 0.472 e. The van der Waals surface area contributed by atoms with E-state index in [-0.39, 0.29) is 12.8 Å². The normalized spacial score (nSPS) is 14.2. The first-order chi connectivity index (χ1) is 27.6. The Kier molecular flexibility index (Phi) is 38.4. The van der Waals surface area contributed by atoms with Crippen LogP contribution in [0.2, 0.25) is 0 Å². The first-order valence-corrected chi connectivity index (χ1v) is 23.7. The van der Waals surface area contributed by atoms with E-state index < -0.39 is 57.6 Å². The average molecular weight is 826 g/mol. The number of aliphatic hydroxyl groups excluding tert-OH is 1. The molecule has 0 radical (unpaired) electrons. The SMILES string of the molecule is CC/C=C\C/C=C\C/C=C\C/C=C\CCCCC(=O)OCC(O)COP(=O)(O)OCC(NC(=O)CCCCCCCCCCCCCCCCCCCC)C(=O)O. The number of carboxylic acids is 1. The average Bonchev–Trinajstić information content (AvgIpc) is 3.18. The summed E-state index contributed by atoms with van der Waals surface area (Å²) in [5, 5.41) is 21.8. The predicted molar refractivity (Wildman–Crippen MR) is 231 cm³/mol. The van der Waals surface area contributed by atoms with E-state index in [1.54, 1.807) is 0 Å². The number of aliphatic hydroxyl groups is 1. The van der Waals surface area contributed by atoms with Gasteiger partial charge in [0, 0.05) is 12.8 Å². The number of aliphatic carboxylic acids is 1. The van der Waals surface area contributed by atoms with E-state index >= 15 is 0 Å². The number of carboxylic acid groups (broad SMARTS) is 1. The highest BCUT2D eigenvalue weighted by Gasteiger charge is 2.28. The summed E-state index contributed by atoms with van der Waals surface area (Å²) in [7, 11) is -4.76. The van der Waals surface area contributed by atoms with Crippen molar-refractivity contribution in [2.45, 2.75) is 199 Å². The van der Waals surface area contributed by atoms with Crippen molar-refractivity contribution in [3.8, 4) is 0 Å². The van der Waals surface area contributed by atoms with Gasteiger partial charge >= 0.3 is 19.8 Å². The van der Waals surface area contributed by atoms with E-state index in [2.05, 4.69) is 67.8 Å². The standard InChI is InChI=1S/C45H80NO10P/c1-3-5-7-9-11-13-15-17-19-20-21-23-24-26-28-30-32-34-36-43(48)46-42(45(50)51)40-56-57(52,53)55-39-41(47)38-54-44(49)37-35-33-31-29-27-25-22-18-16-14-12-10-8-6-4-2/h6,8,12,14,18,22,27,29,41-42,47H,3-5,7,9-11,13,15-17,19-21,23-26,28,30-40H2,1-2H3,(H,46,48)(H,50,51)(H,52,53)/b8-6-,14-12-,22-18-,29-27-. The van der Waals surface area contributed by atoms with Crippen LogP contribution in [0, 0.1) is 0 Å². The third-order valence-corrected chi connectivity index (χ3v) is 10.3. The third-order valence-electron chi connectivity index (χ3n) is 9.38. The number of phosphoric ester groups is 1. The minimum atomic E-state index is -4.76. The summed E-state index contributed by atoms with van der Waals surface area (Å²) in [5.74, 6) is -2.41. The molecule has 1 amide bonds. The molecule has 57 heavy (non-hydrogen) atoms. The number of amides is 1.